The molecule has 1 aromatic rings. The number of carbonyl (C=O) groups is 1. The maximum atomic E-state index is 12.7. The summed E-state index contributed by atoms with van der Waals surface area (Å²) in [6, 6.07) is 8.46. The Labute approximate surface area is 113 Å². The molecular weight excluding hydrogens is 240 g/mol. The lowest BCUT2D eigenvalue weighted by Gasteiger charge is -2.31. The molecule has 1 fully saturated rings. The molecule has 3 rings (SSSR count). The topological polar surface area (TPSA) is 41.6 Å². The molecule has 2 heterocycles. The quantitative estimate of drug-likeness (QED) is 0.866. The van der Waals surface area contributed by atoms with Gasteiger partial charge < -0.3 is 15.0 Å². The number of likely N-dealkylation sites (N-methyl/N-ethyl adjacent to an activating group) is 1. The van der Waals surface area contributed by atoms with Crippen LogP contribution >= 0.6 is 0 Å². The summed E-state index contributed by atoms with van der Waals surface area (Å²) in [5, 5.41) is 3.34. The van der Waals surface area contributed by atoms with Gasteiger partial charge in [-0.3, -0.25) is 4.79 Å². The van der Waals surface area contributed by atoms with Gasteiger partial charge in [0.2, 0.25) is 5.91 Å². The zero-order valence-electron chi connectivity index (χ0n) is 11.3. The Morgan fingerprint density at radius 1 is 1.42 bits per heavy atom. The monoisotopic (exact) mass is 260 g/mol. The third-order valence-corrected chi connectivity index (χ3v) is 4.19. The van der Waals surface area contributed by atoms with Crippen LogP contribution in [-0.4, -0.2) is 43.7 Å². The molecule has 2 unspecified atom stereocenters. The Balaban J connectivity index is 1.80. The highest BCUT2D eigenvalue weighted by Crippen LogP contribution is 2.26. The van der Waals surface area contributed by atoms with Crippen molar-refractivity contribution in [2.75, 3.05) is 26.8 Å². The number of nitrogens with one attached hydrogen (secondary N) is 1. The summed E-state index contributed by atoms with van der Waals surface area (Å²) in [7, 11) is 1.90. The van der Waals surface area contributed by atoms with E-state index in [2.05, 4.69) is 17.4 Å². The first-order valence-corrected chi connectivity index (χ1v) is 6.90. The Morgan fingerprint density at radius 2 is 2.26 bits per heavy atom. The minimum atomic E-state index is -0.0597. The lowest BCUT2D eigenvalue weighted by atomic mass is 9.89. The van der Waals surface area contributed by atoms with E-state index in [0.717, 1.165) is 26.1 Å². The van der Waals surface area contributed by atoms with Gasteiger partial charge in [0.05, 0.1) is 18.6 Å². The van der Waals surface area contributed by atoms with Crippen molar-refractivity contribution in [3.8, 4) is 0 Å². The SMILES string of the molecule is CN(C(=O)C1CNCc2ccccc21)C1CCOC1. The lowest BCUT2D eigenvalue weighted by molar-refractivity contribution is -0.133. The predicted molar refractivity (Wildman–Crippen MR) is 72.9 cm³/mol. The van der Waals surface area contributed by atoms with Crippen LogP contribution in [0.2, 0.25) is 0 Å². The number of ether oxygens (including phenoxy) is 1. The van der Waals surface area contributed by atoms with Crippen LogP contribution in [0.1, 0.15) is 23.5 Å². The fourth-order valence-corrected chi connectivity index (χ4v) is 2.97. The van der Waals surface area contributed by atoms with E-state index in [-0.39, 0.29) is 17.9 Å². The molecule has 0 radical (unpaired) electrons. The summed E-state index contributed by atoms with van der Waals surface area (Å²) >= 11 is 0. The van der Waals surface area contributed by atoms with Gasteiger partial charge in [0.1, 0.15) is 0 Å². The van der Waals surface area contributed by atoms with Crippen LogP contribution in [0.5, 0.6) is 0 Å². The average molecular weight is 260 g/mol. The number of rotatable bonds is 2. The van der Waals surface area contributed by atoms with Crippen molar-refractivity contribution in [2.24, 2.45) is 0 Å². The highest BCUT2D eigenvalue weighted by atomic mass is 16.5. The molecule has 102 valence electrons. The molecule has 1 saturated heterocycles. The van der Waals surface area contributed by atoms with Gasteiger partial charge in [-0.25, -0.2) is 0 Å². The molecule has 4 heteroatoms. The van der Waals surface area contributed by atoms with Gasteiger partial charge in [-0.05, 0) is 17.5 Å². The number of fused-ring (bicyclic) bond motifs is 1. The van der Waals surface area contributed by atoms with E-state index >= 15 is 0 Å². The first-order valence-electron chi connectivity index (χ1n) is 6.90. The van der Waals surface area contributed by atoms with Gasteiger partial charge in [-0.2, -0.15) is 0 Å². The van der Waals surface area contributed by atoms with Crippen LogP contribution in [0.15, 0.2) is 24.3 Å². The molecule has 0 bridgehead atoms. The van der Waals surface area contributed by atoms with E-state index in [4.69, 9.17) is 4.74 Å². The fourth-order valence-electron chi connectivity index (χ4n) is 2.97. The lowest BCUT2D eigenvalue weighted by Crippen LogP contribution is -2.44. The van der Waals surface area contributed by atoms with E-state index in [0.29, 0.717) is 6.61 Å². The largest absolute Gasteiger partial charge is 0.379 e. The summed E-state index contributed by atoms with van der Waals surface area (Å²) in [5.41, 5.74) is 2.42. The van der Waals surface area contributed by atoms with Crippen molar-refractivity contribution in [1.29, 1.82) is 0 Å². The van der Waals surface area contributed by atoms with Crippen LogP contribution in [0.3, 0.4) is 0 Å². The fraction of sp³-hybridized carbons (Fsp3) is 0.533. The van der Waals surface area contributed by atoms with E-state index in [1.165, 1.54) is 11.1 Å². The highest BCUT2D eigenvalue weighted by molar-refractivity contribution is 5.84. The average Bonchev–Trinajstić information content (AvgIpc) is 2.99. The van der Waals surface area contributed by atoms with Gasteiger partial charge in [0.15, 0.2) is 0 Å². The van der Waals surface area contributed by atoms with E-state index in [1.54, 1.807) is 0 Å². The third kappa shape index (κ3) is 2.38. The van der Waals surface area contributed by atoms with Crippen LogP contribution in [0.25, 0.3) is 0 Å². The summed E-state index contributed by atoms with van der Waals surface area (Å²) in [6.07, 6.45) is 0.948. The van der Waals surface area contributed by atoms with Crippen molar-refractivity contribution in [1.82, 2.24) is 10.2 Å². The predicted octanol–water partition coefficient (Wildman–Crippen LogP) is 1.12. The third-order valence-electron chi connectivity index (χ3n) is 4.19. The van der Waals surface area contributed by atoms with Gasteiger partial charge in [0.25, 0.3) is 0 Å². The maximum Gasteiger partial charge on any atom is 0.231 e. The Hall–Kier alpha value is -1.39. The molecule has 0 aliphatic carbocycles. The van der Waals surface area contributed by atoms with E-state index in [1.807, 2.05) is 24.1 Å². The van der Waals surface area contributed by atoms with Crippen molar-refractivity contribution < 1.29 is 9.53 Å². The standard InChI is InChI=1S/C15H20N2O2/c1-17(12-6-7-19-10-12)15(18)14-9-16-8-11-4-2-3-5-13(11)14/h2-5,12,14,16H,6-10H2,1H3. The summed E-state index contributed by atoms with van der Waals surface area (Å²) in [6.45, 7) is 3.02. The summed E-state index contributed by atoms with van der Waals surface area (Å²) in [5.74, 6) is 0.144. The second-order valence-corrected chi connectivity index (χ2v) is 5.35. The first-order chi connectivity index (χ1) is 9.27. The molecule has 0 spiro atoms. The molecule has 1 amide bonds. The number of nitrogens with zero attached hydrogens (tertiary/aromatic N) is 1. The van der Waals surface area contributed by atoms with Crippen LogP contribution in [-0.2, 0) is 16.1 Å². The zero-order chi connectivity index (χ0) is 13.2. The molecule has 2 aliphatic rings. The van der Waals surface area contributed by atoms with Gasteiger partial charge in [-0.1, -0.05) is 24.3 Å². The van der Waals surface area contributed by atoms with Crippen molar-refractivity contribution in [3.63, 3.8) is 0 Å². The summed E-state index contributed by atoms with van der Waals surface area (Å²) < 4.78 is 5.38. The number of carbonyl (C=O) groups excluding carboxylic acids is 1. The maximum absolute atomic E-state index is 12.7. The molecule has 0 aromatic heterocycles. The minimum Gasteiger partial charge on any atom is -0.379 e. The van der Waals surface area contributed by atoms with E-state index < -0.39 is 0 Å². The molecule has 4 nitrogen and oxygen atoms in total. The first kappa shape index (κ1) is 12.6. The minimum absolute atomic E-state index is 0.0597. The number of hydrogen-bond donors (Lipinski definition) is 1. The van der Waals surface area contributed by atoms with Gasteiger partial charge in [-0.15, -0.1) is 0 Å². The Kier molecular flexibility index (Phi) is 3.53. The van der Waals surface area contributed by atoms with Crippen molar-refractivity contribution in [2.45, 2.75) is 24.9 Å². The zero-order valence-corrected chi connectivity index (χ0v) is 11.3. The van der Waals surface area contributed by atoms with Gasteiger partial charge >= 0.3 is 0 Å². The van der Waals surface area contributed by atoms with Crippen LogP contribution < -0.4 is 5.32 Å². The number of hydrogen-bond acceptors (Lipinski definition) is 3. The second-order valence-electron chi connectivity index (χ2n) is 5.35. The molecule has 2 aliphatic heterocycles. The number of amides is 1. The Morgan fingerprint density at radius 3 is 3.05 bits per heavy atom. The number of benzene rings is 1. The molecule has 1 N–H and O–H groups in total. The molecule has 19 heavy (non-hydrogen) atoms. The molecule has 1 aromatic carbocycles. The van der Waals surface area contributed by atoms with Crippen LogP contribution in [0.4, 0.5) is 0 Å². The van der Waals surface area contributed by atoms with Crippen molar-refractivity contribution >= 4 is 5.91 Å². The second kappa shape index (κ2) is 5.31. The molecular formula is C15H20N2O2. The smallest absolute Gasteiger partial charge is 0.231 e. The van der Waals surface area contributed by atoms with Crippen molar-refractivity contribution in [3.05, 3.63) is 35.4 Å². The Bertz CT molecular complexity index is 469. The van der Waals surface area contributed by atoms with Crippen LogP contribution in [0, 0.1) is 0 Å². The summed E-state index contributed by atoms with van der Waals surface area (Å²) in [4.78, 5) is 14.6. The normalized spacial score (nSPS) is 25.9. The highest BCUT2D eigenvalue weighted by Gasteiger charge is 2.32. The van der Waals surface area contributed by atoms with Gasteiger partial charge in [0, 0.05) is 26.7 Å². The van der Waals surface area contributed by atoms with E-state index in [9.17, 15) is 4.79 Å². The molecule has 2 atom stereocenters. The molecule has 0 saturated carbocycles.